The van der Waals surface area contributed by atoms with E-state index in [2.05, 4.69) is 10.6 Å². The van der Waals surface area contributed by atoms with Crippen LogP contribution in [0, 0.1) is 0 Å². The van der Waals surface area contributed by atoms with E-state index in [1.165, 1.54) is 4.31 Å². The first-order chi connectivity index (χ1) is 13.0. The highest BCUT2D eigenvalue weighted by Crippen LogP contribution is 2.27. The Morgan fingerprint density at radius 2 is 1.48 bits per heavy atom. The van der Waals surface area contributed by atoms with Crippen molar-refractivity contribution in [2.75, 3.05) is 32.7 Å². The molecule has 0 bridgehead atoms. The van der Waals surface area contributed by atoms with E-state index in [0.29, 0.717) is 44.0 Å². The van der Waals surface area contributed by atoms with Gasteiger partial charge in [-0.1, -0.05) is 36.4 Å². The number of sulfonamides is 1. The Bertz CT molecular complexity index is 918. The van der Waals surface area contributed by atoms with E-state index < -0.39 is 10.0 Å². The highest BCUT2D eigenvalue weighted by atomic mass is 32.2. The zero-order valence-corrected chi connectivity index (χ0v) is 15.8. The Hall–Kier alpha value is -2.22. The molecule has 0 radical (unpaired) electrons. The molecule has 1 amide bonds. The average molecular weight is 385 g/mol. The van der Waals surface area contributed by atoms with E-state index in [1.807, 2.05) is 36.4 Å². The molecule has 2 aromatic carbocycles. The SMILES string of the molecule is O=C1CC(c2ccc(-c3ccc(S(=O)(=O)N4CCNCC4)cc3)cc2)CN1. The predicted octanol–water partition coefficient (Wildman–Crippen LogP) is 1.55. The van der Waals surface area contributed by atoms with E-state index in [-0.39, 0.29) is 11.8 Å². The topological polar surface area (TPSA) is 78.5 Å². The average Bonchev–Trinajstić information content (AvgIpc) is 3.15. The van der Waals surface area contributed by atoms with Crippen molar-refractivity contribution < 1.29 is 13.2 Å². The third kappa shape index (κ3) is 3.76. The Morgan fingerprint density at radius 3 is 2.04 bits per heavy atom. The number of rotatable bonds is 4. The number of carbonyl (C=O) groups excluding carboxylic acids is 1. The molecule has 2 saturated heterocycles. The first-order valence-electron chi connectivity index (χ1n) is 9.22. The molecule has 2 aliphatic rings. The Balaban J connectivity index is 1.51. The van der Waals surface area contributed by atoms with Crippen molar-refractivity contribution >= 4 is 15.9 Å². The number of nitrogens with zero attached hydrogens (tertiary/aromatic N) is 1. The number of benzene rings is 2. The van der Waals surface area contributed by atoms with Crippen LogP contribution < -0.4 is 10.6 Å². The van der Waals surface area contributed by atoms with Crippen LogP contribution in [0.3, 0.4) is 0 Å². The Labute approximate surface area is 159 Å². The van der Waals surface area contributed by atoms with Gasteiger partial charge in [0.15, 0.2) is 0 Å². The Morgan fingerprint density at radius 1 is 0.889 bits per heavy atom. The van der Waals surface area contributed by atoms with E-state index >= 15 is 0 Å². The molecule has 4 rings (SSSR count). The zero-order chi connectivity index (χ0) is 18.9. The molecular weight excluding hydrogens is 362 g/mol. The summed E-state index contributed by atoms with van der Waals surface area (Å²) >= 11 is 0. The van der Waals surface area contributed by atoms with Crippen LogP contribution in [0.4, 0.5) is 0 Å². The standard InChI is InChI=1S/C20H23N3O3S/c24-20-13-18(14-22-20)17-3-1-15(2-4-17)16-5-7-19(8-6-16)27(25,26)23-11-9-21-10-12-23/h1-8,18,21H,9-14H2,(H,22,24). The molecule has 2 fully saturated rings. The summed E-state index contributed by atoms with van der Waals surface area (Å²) < 4.78 is 27.0. The van der Waals surface area contributed by atoms with Crippen LogP contribution in [0.1, 0.15) is 17.9 Å². The van der Waals surface area contributed by atoms with Gasteiger partial charge in [0.2, 0.25) is 15.9 Å². The summed E-state index contributed by atoms with van der Waals surface area (Å²) in [5.41, 5.74) is 3.15. The first-order valence-corrected chi connectivity index (χ1v) is 10.7. The van der Waals surface area contributed by atoms with Crippen molar-refractivity contribution in [2.45, 2.75) is 17.2 Å². The lowest BCUT2D eigenvalue weighted by Crippen LogP contribution is -2.46. The summed E-state index contributed by atoms with van der Waals surface area (Å²) in [5, 5.41) is 6.03. The number of amides is 1. The predicted molar refractivity (Wildman–Crippen MR) is 104 cm³/mol. The summed E-state index contributed by atoms with van der Waals surface area (Å²) in [7, 11) is -3.43. The van der Waals surface area contributed by atoms with Crippen LogP contribution in [0.15, 0.2) is 53.4 Å². The van der Waals surface area contributed by atoms with Gasteiger partial charge in [0, 0.05) is 45.1 Å². The quantitative estimate of drug-likeness (QED) is 0.837. The molecule has 2 aliphatic heterocycles. The molecule has 0 saturated carbocycles. The second-order valence-corrected chi connectivity index (χ2v) is 8.94. The van der Waals surface area contributed by atoms with Gasteiger partial charge in [-0.05, 0) is 28.8 Å². The minimum atomic E-state index is -3.43. The number of nitrogens with one attached hydrogen (secondary N) is 2. The zero-order valence-electron chi connectivity index (χ0n) is 15.0. The maximum absolute atomic E-state index is 12.7. The number of piperazine rings is 1. The van der Waals surface area contributed by atoms with Gasteiger partial charge in [0.05, 0.1) is 4.90 Å². The number of carbonyl (C=O) groups is 1. The van der Waals surface area contributed by atoms with Gasteiger partial charge in [-0.15, -0.1) is 0 Å². The van der Waals surface area contributed by atoms with Gasteiger partial charge in [-0.2, -0.15) is 4.31 Å². The highest BCUT2D eigenvalue weighted by molar-refractivity contribution is 7.89. The van der Waals surface area contributed by atoms with Crippen LogP contribution in [0.25, 0.3) is 11.1 Å². The smallest absolute Gasteiger partial charge is 0.243 e. The van der Waals surface area contributed by atoms with Crippen LogP contribution in [-0.4, -0.2) is 51.4 Å². The molecule has 1 unspecified atom stereocenters. The van der Waals surface area contributed by atoms with Crippen molar-refractivity contribution in [3.05, 3.63) is 54.1 Å². The molecule has 2 N–H and O–H groups in total. The normalized spacial score (nSPS) is 21.2. The number of hydrogen-bond donors (Lipinski definition) is 2. The van der Waals surface area contributed by atoms with Crippen LogP contribution >= 0.6 is 0 Å². The summed E-state index contributed by atoms with van der Waals surface area (Å²) in [6.45, 7) is 3.07. The van der Waals surface area contributed by atoms with E-state index in [0.717, 1.165) is 16.7 Å². The van der Waals surface area contributed by atoms with Crippen molar-refractivity contribution in [3.63, 3.8) is 0 Å². The molecule has 2 heterocycles. The minimum Gasteiger partial charge on any atom is -0.355 e. The molecule has 6 nitrogen and oxygen atoms in total. The maximum Gasteiger partial charge on any atom is 0.243 e. The van der Waals surface area contributed by atoms with E-state index in [4.69, 9.17) is 0 Å². The summed E-state index contributed by atoms with van der Waals surface area (Å²) in [6.07, 6.45) is 0.540. The molecule has 7 heteroatoms. The van der Waals surface area contributed by atoms with Gasteiger partial charge < -0.3 is 10.6 Å². The fraction of sp³-hybridized carbons (Fsp3) is 0.350. The largest absolute Gasteiger partial charge is 0.355 e. The summed E-state index contributed by atoms with van der Waals surface area (Å²) in [5.74, 6) is 0.337. The van der Waals surface area contributed by atoms with Crippen LogP contribution in [0.2, 0.25) is 0 Å². The lowest BCUT2D eigenvalue weighted by molar-refractivity contribution is -0.119. The number of hydrogen-bond acceptors (Lipinski definition) is 4. The lowest BCUT2D eigenvalue weighted by Gasteiger charge is -2.26. The summed E-state index contributed by atoms with van der Waals surface area (Å²) in [6, 6.07) is 15.2. The minimum absolute atomic E-state index is 0.102. The molecule has 0 aromatic heterocycles. The van der Waals surface area contributed by atoms with Gasteiger partial charge >= 0.3 is 0 Å². The third-order valence-electron chi connectivity index (χ3n) is 5.26. The van der Waals surface area contributed by atoms with E-state index in [1.54, 1.807) is 12.1 Å². The fourth-order valence-electron chi connectivity index (χ4n) is 3.64. The van der Waals surface area contributed by atoms with Crippen LogP contribution in [-0.2, 0) is 14.8 Å². The van der Waals surface area contributed by atoms with Gasteiger partial charge in [0.1, 0.15) is 0 Å². The van der Waals surface area contributed by atoms with Gasteiger partial charge in [-0.3, -0.25) is 4.79 Å². The van der Waals surface area contributed by atoms with Crippen molar-refractivity contribution in [2.24, 2.45) is 0 Å². The monoisotopic (exact) mass is 385 g/mol. The summed E-state index contributed by atoms with van der Waals surface area (Å²) in [4.78, 5) is 11.7. The Kier molecular flexibility index (Phi) is 4.99. The lowest BCUT2D eigenvalue weighted by atomic mass is 9.95. The maximum atomic E-state index is 12.7. The second-order valence-electron chi connectivity index (χ2n) is 7.01. The molecule has 0 aliphatic carbocycles. The highest BCUT2D eigenvalue weighted by Gasteiger charge is 2.26. The van der Waals surface area contributed by atoms with Crippen molar-refractivity contribution in [3.8, 4) is 11.1 Å². The van der Waals surface area contributed by atoms with E-state index in [9.17, 15) is 13.2 Å². The first kappa shape index (κ1) is 18.2. The molecule has 142 valence electrons. The molecular formula is C20H23N3O3S. The molecule has 0 spiro atoms. The molecule has 27 heavy (non-hydrogen) atoms. The third-order valence-corrected chi connectivity index (χ3v) is 7.17. The van der Waals surface area contributed by atoms with Crippen molar-refractivity contribution in [1.82, 2.24) is 14.9 Å². The van der Waals surface area contributed by atoms with Crippen LogP contribution in [0.5, 0.6) is 0 Å². The molecule has 2 aromatic rings. The van der Waals surface area contributed by atoms with Gasteiger partial charge in [0.25, 0.3) is 0 Å². The van der Waals surface area contributed by atoms with Gasteiger partial charge in [-0.25, -0.2) is 8.42 Å². The fourth-order valence-corrected chi connectivity index (χ4v) is 5.08. The van der Waals surface area contributed by atoms with Crippen molar-refractivity contribution in [1.29, 1.82) is 0 Å². The molecule has 1 atom stereocenters. The second kappa shape index (κ2) is 7.42.